The number of likely N-dealkylation sites (N-methyl/N-ethyl adjacent to an activating group) is 1. The van der Waals surface area contributed by atoms with Gasteiger partial charge in [-0.25, -0.2) is 4.98 Å². The number of aromatic amines is 1. The number of rotatable bonds is 5. The largest absolute Gasteiger partial charge is 0.368 e. The lowest BCUT2D eigenvalue weighted by atomic mass is 10.2. The van der Waals surface area contributed by atoms with E-state index in [1.807, 2.05) is 7.05 Å². The summed E-state index contributed by atoms with van der Waals surface area (Å²) in [5.41, 5.74) is 0.652. The highest BCUT2D eigenvalue weighted by molar-refractivity contribution is 5.05. The molecule has 1 aliphatic rings. The molecule has 1 unspecified atom stereocenters. The van der Waals surface area contributed by atoms with Gasteiger partial charge < -0.3 is 19.9 Å². The number of aromatic nitrogens is 2. The fourth-order valence-electron chi connectivity index (χ4n) is 2.11. The number of ether oxygens (including phenoxy) is 1. The molecule has 106 valence electrons. The third-order valence-electron chi connectivity index (χ3n) is 3.12. The predicted molar refractivity (Wildman–Crippen MR) is 73.0 cm³/mol. The van der Waals surface area contributed by atoms with Gasteiger partial charge in [0.25, 0.3) is 5.56 Å². The van der Waals surface area contributed by atoms with E-state index < -0.39 is 0 Å². The first-order valence-corrected chi connectivity index (χ1v) is 6.80. The van der Waals surface area contributed by atoms with Gasteiger partial charge in [-0.1, -0.05) is 6.92 Å². The van der Waals surface area contributed by atoms with Gasteiger partial charge in [0, 0.05) is 25.7 Å². The highest BCUT2D eigenvalue weighted by Crippen LogP contribution is 2.17. The Morgan fingerprint density at radius 3 is 3.21 bits per heavy atom. The summed E-state index contributed by atoms with van der Waals surface area (Å²) in [5.74, 6) is 0.632. The van der Waals surface area contributed by atoms with Crippen LogP contribution in [0.1, 0.15) is 31.0 Å². The van der Waals surface area contributed by atoms with Gasteiger partial charge in [0.15, 0.2) is 0 Å². The van der Waals surface area contributed by atoms with Crippen molar-refractivity contribution >= 4 is 0 Å². The minimum absolute atomic E-state index is 0.116. The standard InChI is InChI=1S/C13H22N4O2/c1-3-4-14-8-10-7-12(18)16-13(15-10)11-9-17(2)5-6-19-11/h7,11,14H,3-6,8-9H2,1-2H3,(H,15,16,18). The Hall–Kier alpha value is -1.24. The summed E-state index contributed by atoms with van der Waals surface area (Å²) in [7, 11) is 2.04. The Kier molecular flexibility index (Phi) is 5.07. The van der Waals surface area contributed by atoms with E-state index in [1.165, 1.54) is 0 Å². The zero-order valence-electron chi connectivity index (χ0n) is 11.6. The molecule has 1 aromatic heterocycles. The van der Waals surface area contributed by atoms with Crippen molar-refractivity contribution in [3.63, 3.8) is 0 Å². The smallest absolute Gasteiger partial charge is 0.251 e. The van der Waals surface area contributed by atoms with Gasteiger partial charge in [-0.15, -0.1) is 0 Å². The lowest BCUT2D eigenvalue weighted by Crippen LogP contribution is -2.36. The maximum absolute atomic E-state index is 11.7. The Morgan fingerprint density at radius 2 is 2.47 bits per heavy atom. The van der Waals surface area contributed by atoms with Crippen molar-refractivity contribution in [3.8, 4) is 0 Å². The molecule has 1 atom stereocenters. The second-order valence-corrected chi connectivity index (χ2v) is 4.92. The molecule has 2 N–H and O–H groups in total. The Balaban J connectivity index is 2.09. The second kappa shape index (κ2) is 6.79. The van der Waals surface area contributed by atoms with Crippen molar-refractivity contribution in [2.24, 2.45) is 0 Å². The fourth-order valence-corrected chi connectivity index (χ4v) is 2.11. The topological polar surface area (TPSA) is 70.2 Å². The number of hydrogen-bond acceptors (Lipinski definition) is 5. The zero-order chi connectivity index (χ0) is 13.7. The molecular weight excluding hydrogens is 244 g/mol. The van der Waals surface area contributed by atoms with E-state index in [0.717, 1.165) is 31.7 Å². The van der Waals surface area contributed by atoms with Crippen LogP contribution in [0.2, 0.25) is 0 Å². The van der Waals surface area contributed by atoms with Crippen molar-refractivity contribution in [1.82, 2.24) is 20.2 Å². The first-order valence-electron chi connectivity index (χ1n) is 6.80. The minimum Gasteiger partial charge on any atom is -0.368 e. The maximum Gasteiger partial charge on any atom is 0.251 e. The van der Waals surface area contributed by atoms with Crippen LogP contribution in [0, 0.1) is 0 Å². The lowest BCUT2D eigenvalue weighted by Gasteiger charge is -2.29. The molecule has 1 fully saturated rings. The third kappa shape index (κ3) is 4.12. The van der Waals surface area contributed by atoms with E-state index >= 15 is 0 Å². The fraction of sp³-hybridized carbons (Fsp3) is 0.692. The number of morpholine rings is 1. The molecular formula is C13H22N4O2. The molecule has 0 saturated carbocycles. The van der Waals surface area contributed by atoms with E-state index in [9.17, 15) is 4.79 Å². The van der Waals surface area contributed by atoms with Gasteiger partial charge in [-0.3, -0.25) is 4.79 Å². The van der Waals surface area contributed by atoms with Crippen LogP contribution in [0.5, 0.6) is 0 Å². The van der Waals surface area contributed by atoms with E-state index in [0.29, 0.717) is 19.0 Å². The molecule has 1 aliphatic heterocycles. The maximum atomic E-state index is 11.7. The van der Waals surface area contributed by atoms with Crippen molar-refractivity contribution in [3.05, 3.63) is 27.9 Å². The van der Waals surface area contributed by atoms with Crippen LogP contribution in [0.3, 0.4) is 0 Å². The first kappa shape index (κ1) is 14.2. The summed E-state index contributed by atoms with van der Waals surface area (Å²) < 4.78 is 5.68. The lowest BCUT2D eigenvalue weighted by molar-refractivity contribution is -0.0257. The van der Waals surface area contributed by atoms with Gasteiger partial charge in [-0.2, -0.15) is 0 Å². The monoisotopic (exact) mass is 266 g/mol. The third-order valence-corrected chi connectivity index (χ3v) is 3.12. The minimum atomic E-state index is -0.141. The van der Waals surface area contributed by atoms with E-state index in [-0.39, 0.29) is 11.7 Å². The molecule has 0 aliphatic carbocycles. The van der Waals surface area contributed by atoms with Crippen molar-refractivity contribution in [2.75, 3.05) is 33.3 Å². The van der Waals surface area contributed by atoms with E-state index in [1.54, 1.807) is 6.07 Å². The van der Waals surface area contributed by atoms with Gasteiger partial charge >= 0.3 is 0 Å². The van der Waals surface area contributed by atoms with Crippen molar-refractivity contribution in [1.29, 1.82) is 0 Å². The van der Waals surface area contributed by atoms with Crippen molar-refractivity contribution in [2.45, 2.75) is 26.0 Å². The molecule has 2 heterocycles. The molecule has 0 aromatic carbocycles. The van der Waals surface area contributed by atoms with E-state index in [4.69, 9.17) is 4.74 Å². The molecule has 0 amide bonds. The van der Waals surface area contributed by atoms with Gasteiger partial charge in [-0.05, 0) is 20.0 Å². The quantitative estimate of drug-likeness (QED) is 0.749. The number of H-pyrrole nitrogens is 1. The Morgan fingerprint density at radius 1 is 1.63 bits per heavy atom. The summed E-state index contributed by atoms with van der Waals surface area (Å²) in [6, 6.07) is 1.54. The molecule has 0 radical (unpaired) electrons. The molecule has 0 bridgehead atoms. The molecule has 0 spiro atoms. The predicted octanol–water partition coefficient (Wildman–Crippen LogP) is 0.273. The van der Waals surface area contributed by atoms with E-state index in [2.05, 4.69) is 27.1 Å². The van der Waals surface area contributed by atoms with Crippen LogP contribution in [0.25, 0.3) is 0 Å². The number of nitrogens with one attached hydrogen (secondary N) is 2. The number of hydrogen-bond donors (Lipinski definition) is 2. The summed E-state index contributed by atoms with van der Waals surface area (Å²) in [5, 5.41) is 3.25. The van der Waals surface area contributed by atoms with Crippen LogP contribution >= 0.6 is 0 Å². The second-order valence-electron chi connectivity index (χ2n) is 4.92. The van der Waals surface area contributed by atoms with Gasteiger partial charge in [0.2, 0.25) is 0 Å². The summed E-state index contributed by atoms with van der Waals surface area (Å²) in [6.07, 6.45) is 0.921. The summed E-state index contributed by atoms with van der Waals surface area (Å²) in [6.45, 7) is 5.99. The van der Waals surface area contributed by atoms with Gasteiger partial charge in [0.05, 0.1) is 12.3 Å². The molecule has 6 nitrogen and oxygen atoms in total. The average Bonchev–Trinajstić information content (AvgIpc) is 2.38. The van der Waals surface area contributed by atoms with Crippen LogP contribution in [-0.4, -0.2) is 48.2 Å². The highest BCUT2D eigenvalue weighted by Gasteiger charge is 2.21. The van der Waals surface area contributed by atoms with Crippen LogP contribution in [-0.2, 0) is 11.3 Å². The SMILES string of the molecule is CCCNCc1cc(=O)[nH]c(C2CN(C)CCO2)n1. The van der Waals surface area contributed by atoms with Gasteiger partial charge in [0.1, 0.15) is 11.9 Å². The zero-order valence-corrected chi connectivity index (χ0v) is 11.6. The number of nitrogens with zero attached hydrogens (tertiary/aromatic N) is 2. The molecule has 6 heteroatoms. The summed E-state index contributed by atoms with van der Waals surface area (Å²) >= 11 is 0. The Bertz CT molecular complexity index is 460. The molecule has 1 saturated heterocycles. The van der Waals surface area contributed by atoms with Crippen LogP contribution < -0.4 is 10.9 Å². The molecule has 1 aromatic rings. The van der Waals surface area contributed by atoms with Crippen LogP contribution in [0.15, 0.2) is 10.9 Å². The highest BCUT2D eigenvalue weighted by atomic mass is 16.5. The Labute approximate surface area is 113 Å². The first-order chi connectivity index (χ1) is 9.19. The normalized spacial score (nSPS) is 20.6. The van der Waals surface area contributed by atoms with Crippen LogP contribution in [0.4, 0.5) is 0 Å². The average molecular weight is 266 g/mol. The molecule has 19 heavy (non-hydrogen) atoms. The molecule has 2 rings (SSSR count). The summed E-state index contributed by atoms with van der Waals surface area (Å²) in [4.78, 5) is 21.1. The van der Waals surface area contributed by atoms with Crippen molar-refractivity contribution < 1.29 is 4.74 Å².